The summed E-state index contributed by atoms with van der Waals surface area (Å²) in [5.74, 6) is 0.318. The van der Waals surface area contributed by atoms with Gasteiger partial charge >= 0.3 is 6.36 Å². The van der Waals surface area contributed by atoms with Gasteiger partial charge in [-0.15, -0.1) is 13.2 Å². The lowest BCUT2D eigenvalue weighted by Crippen LogP contribution is -2.17. The van der Waals surface area contributed by atoms with E-state index in [1.165, 1.54) is 25.3 Å². The van der Waals surface area contributed by atoms with Crippen molar-refractivity contribution in [3.63, 3.8) is 0 Å². The maximum Gasteiger partial charge on any atom is 0.573 e. The zero-order valence-electron chi connectivity index (χ0n) is 8.47. The Morgan fingerprint density at radius 2 is 2.00 bits per heavy atom. The average molecular weight is 299 g/mol. The molecule has 90 valence electrons. The molecule has 0 saturated heterocycles. The predicted octanol–water partition coefficient (Wildman–Crippen LogP) is 3.53. The number of benzene rings is 1. The van der Waals surface area contributed by atoms with Crippen LogP contribution in [0.15, 0.2) is 18.2 Å². The molecular formula is C10H10BrF3O2. The van der Waals surface area contributed by atoms with E-state index in [9.17, 15) is 13.2 Å². The lowest BCUT2D eigenvalue weighted by molar-refractivity contribution is -0.274. The molecule has 1 aromatic carbocycles. The highest BCUT2D eigenvalue weighted by atomic mass is 79.9. The van der Waals surface area contributed by atoms with Gasteiger partial charge < -0.3 is 9.47 Å². The molecule has 0 amide bonds. The van der Waals surface area contributed by atoms with Crippen LogP contribution in [-0.2, 0) is 6.42 Å². The van der Waals surface area contributed by atoms with Crippen molar-refractivity contribution in [3.05, 3.63) is 23.8 Å². The largest absolute Gasteiger partial charge is 0.573 e. The Kier molecular flexibility index (Phi) is 4.46. The van der Waals surface area contributed by atoms with Crippen molar-refractivity contribution in [3.8, 4) is 11.5 Å². The number of ether oxygens (including phenoxy) is 2. The van der Waals surface area contributed by atoms with Crippen LogP contribution in [-0.4, -0.2) is 18.8 Å². The topological polar surface area (TPSA) is 18.5 Å². The van der Waals surface area contributed by atoms with Crippen LogP contribution in [0.4, 0.5) is 13.2 Å². The Morgan fingerprint density at radius 3 is 2.50 bits per heavy atom. The van der Waals surface area contributed by atoms with E-state index in [-0.39, 0.29) is 5.75 Å². The van der Waals surface area contributed by atoms with E-state index in [0.29, 0.717) is 23.1 Å². The first kappa shape index (κ1) is 13.2. The number of alkyl halides is 4. The molecule has 16 heavy (non-hydrogen) atoms. The summed E-state index contributed by atoms with van der Waals surface area (Å²) in [5.41, 5.74) is 0.668. The van der Waals surface area contributed by atoms with Crippen LogP contribution in [0.3, 0.4) is 0 Å². The van der Waals surface area contributed by atoms with Crippen molar-refractivity contribution in [2.45, 2.75) is 12.8 Å². The van der Waals surface area contributed by atoms with E-state index >= 15 is 0 Å². The first-order chi connectivity index (χ1) is 7.46. The van der Waals surface area contributed by atoms with Gasteiger partial charge in [-0.2, -0.15) is 0 Å². The molecule has 0 N–H and O–H groups in total. The van der Waals surface area contributed by atoms with Gasteiger partial charge in [-0.1, -0.05) is 15.9 Å². The number of rotatable bonds is 4. The summed E-state index contributed by atoms with van der Waals surface area (Å²) in [5, 5.41) is 0.638. The second-order valence-corrected chi connectivity index (χ2v) is 3.75. The number of methoxy groups -OCH3 is 1. The molecule has 0 bridgehead atoms. The SMILES string of the molecule is COc1ccc(OC(F)(F)F)cc1CCBr. The van der Waals surface area contributed by atoms with Gasteiger partial charge in [0.15, 0.2) is 0 Å². The summed E-state index contributed by atoms with van der Waals surface area (Å²) < 4.78 is 44.8. The van der Waals surface area contributed by atoms with E-state index in [0.717, 1.165) is 0 Å². The third-order valence-electron chi connectivity index (χ3n) is 1.85. The molecule has 6 heteroatoms. The van der Waals surface area contributed by atoms with Crippen molar-refractivity contribution in [1.82, 2.24) is 0 Å². The Labute approximate surface area is 99.5 Å². The molecule has 0 heterocycles. The van der Waals surface area contributed by atoms with Gasteiger partial charge in [0, 0.05) is 5.33 Å². The van der Waals surface area contributed by atoms with Crippen LogP contribution in [0.5, 0.6) is 11.5 Å². The number of hydrogen-bond acceptors (Lipinski definition) is 2. The molecule has 0 unspecified atom stereocenters. The van der Waals surface area contributed by atoms with E-state index in [1.807, 2.05) is 0 Å². The van der Waals surface area contributed by atoms with Gasteiger partial charge in [-0.25, -0.2) is 0 Å². The highest BCUT2D eigenvalue weighted by Crippen LogP contribution is 2.28. The molecule has 1 rings (SSSR count). The molecular weight excluding hydrogens is 289 g/mol. The summed E-state index contributed by atoms with van der Waals surface area (Å²) in [6, 6.07) is 4.01. The zero-order chi connectivity index (χ0) is 12.2. The first-order valence-corrected chi connectivity index (χ1v) is 5.57. The van der Waals surface area contributed by atoms with Crippen molar-refractivity contribution >= 4 is 15.9 Å². The smallest absolute Gasteiger partial charge is 0.496 e. The second kappa shape index (κ2) is 5.43. The Hall–Kier alpha value is -0.910. The third kappa shape index (κ3) is 3.92. The maximum absolute atomic E-state index is 12.0. The molecule has 0 saturated carbocycles. The van der Waals surface area contributed by atoms with Crippen LogP contribution in [0.25, 0.3) is 0 Å². The van der Waals surface area contributed by atoms with Gasteiger partial charge in [-0.3, -0.25) is 0 Å². The van der Waals surface area contributed by atoms with E-state index in [2.05, 4.69) is 20.7 Å². The average Bonchev–Trinajstić information content (AvgIpc) is 2.16. The quantitative estimate of drug-likeness (QED) is 0.792. The van der Waals surface area contributed by atoms with Gasteiger partial charge in [-0.05, 0) is 30.2 Å². The minimum absolute atomic E-state index is 0.232. The fourth-order valence-corrected chi connectivity index (χ4v) is 1.68. The van der Waals surface area contributed by atoms with E-state index in [4.69, 9.17) is 4.74 Å². The molecule has 0 aliphatic carbocycles. The van der Waals surface area contributed by atoms with Gasteiger partial charge in [0.1, 0.15) is 11.5 Å². The Morgan fingerprint density at radius 1 is 1.31 bits per heavy atom. The molecule has 0 spiro atoms. The number of aryl methyl sites for hydroxylation is 1. The van der Waals surface area contributed by atoms with Crippen molar-refractivity contribution < 1.29 is 22.6 Å². The summed E-state index contributed by atoms with van der Waals surface area (Å²) in [6.07, 6.45) is -4.10. The highest BCUT2D eigenvalue weighted by molar-refractivity contribution is 9.09. The molecule has 2 nitrogen and oxygen atoms in total. The standard InChI is InChI=1S/C10H10BrF3O2/c1-15-9-3-2-8(16-10(12,13)14)6-7(9)4-5-11/h2-3,6H,4-5H2,1H3. The lowest BCUT2D eigenvalue weighted by Gasteiger charge is -2.12. The van der Waals surface area contributed by atoms with E-state index < -0.39 is 6.36 Å². The van der Waals surface area contributed by atoms with Crippen molar-refractivity contribution in [2.24, 2.45) is 0 Å². The minimum atomic E-state index is -4.67. The molecule has 0 aliphatic heterocycles. The fourth-order valence-electron chi connectivity index (χ4n) is 1.25. The molecule has 0 atom stereocenters. The van der Waals surface area contributed by atoms with Crippen molar-refractivity contribution in [1.29, 1.82) is 0 Å². The summed E-state index contributed by atoms with van der Waals surface area (Å²) in [7, 11) is 1.47. The van der Waals surface area contributed by atoms with Crippen LogP contribution in [0.1, 0.15) is 5.56 Å². The number of halogens is 4. The summed E-state index contributed by atoms with van der Waals surface area (Å²) >= 11 is 3.22. The zero-order valence-corrected chi connectivity index (χ0v) is 10.1. The molecule has 0 fully saturated rings. The maximum atomic E-state index is 12.0. The van der Waals surface area contributed by atoms with E-state index in [1.54, 1.807) is 0 Å². The molecule has 1 aromatic rings. The third-order valence-corrected chi connectivity index (χ3v) is 2.25. The second-order valence-electron chi connectivity index (χ2n) is 2.96. The van der Waals surface area contributed by atoms with Crippen LogP contribution < -0.4 is 9.47 Å². The normalized spacial score (nSPS) is 11.3. The van der Waals surface area contributed by atoms with Gasteiger partial charge in [0.2, 0.25) is 0 Å². The van der Waals surface area contributed by atoms with Crippen LogP contribution in [0, 0.1) is 0 Å². The highest BCUT2D eigenvalue weighted by Gasteiger charge is 2.31. The molecule has 0 radical (unpaired) electrons. The van der Waals surface area contributed by atoms with Crippen LogP contribution in [0.2, 0.25) is 0 Å². The number of hydrogen-bond donors (Lipinski definition) is 0. The summed E-state index contributed by atoms with van der Waals surface area (Å²) in [4.78, 5) is 0. The fraction of sp³-hybridized carbons (Fsp3) is 0.400. The van der Waals surface area contributed by atoms with Gasteiger partial charge in [0.25, 0.3) is 0 Å². The monoisotopic (exact) mass is 298 g/mol. The predicted molar refractivity (Wildman–Crippen MR) is 57.2 cm³/mol. The lowest BCUT2D eigenvalue weighted by atomic mass is 10.1. The minimum Gasteiger partial charge on any atom is -0.496 e. The van der Waals surface area contributed by atoms with Crippen LogP contribution >= 0.6 is 15.9 Å². The van der Waals surface area contributed by atoms with Crippen molar-refractivity contribution in [2.75, 3.05) is 12.4 Å². The molecule has 0 aromatic heterocycles. The first-order valence-electron chi connectivity index (χ1n) is 4.45. The van der Waals surface area contributed by atoms with Gasteiger partial charge in [0.05, 0.1) is 7.11 Å². The molecule has 0 aliphatic rings. The Balaban J connectivity index is 2.93. The summed E-state index contributed by atoms with van der Waals surface area (Å²) in [6.45, 7) is 0. The Bertz CT molecular complexity index is 352.